The standard InChI is InChI=1S/C12H14BrN3S/c1-8-3-2-4-11(15-8)12(16-14)6-10-5-9(13)7-17-10/h2-5,7,12,16H,6,14H2,1H3. The molecule has 0 spiro atoms. The molecule has 0 aliphatic rings. The molecule has 0 fully saturated rings. The van der Waals surface area contributed by atoms with Crippen molar-refractivity contribution in [1.82, 2.24) is 10.4 Å². The molecule has 1 atom stereocenters. The molecule has 1 unspecified atom stereocenters. The van der Waals surface area contributed by atoms with E-state index in [4.69, 9.17) is 5.84 Å². The molecule has 2 aromatic heterocycles. The molecule has 5 heteroatoms. The van der Waals surface area contributed by atoms with E-state index in [1.54, 1.807) is 11.3 Å². The van der Waals surface area contributed by atoms with E-state index in [1.165, 1.54) is 4.88 Å². The molecule has 3 N–H and O–H groups in total. The molecule has 0 aliphatic carbocycles. The van der Waals surface area contributed by atoms with Gasteiger partial charge in [-0.1, -0.05) is 6.07 Å². The highest BCUT2D eigenvalue weighted by atomic mass is 79.9. The lowest BCUT2D eigenvalue weighted by Crippen LogP contribution is -2.30. The SMILES string of the molecule is Cc1cccc(C(Cc2cc(Br)cs2)NN)n1. The summed E-state index contributed by atoms with van der Waals surface area (Å²) in [6, 6.07) is 8.16. The van der Waals surface area contributed by atoms with E-state index >= 15 is 0 Å². The molecule has 2 rings (SSSR count). The molecule has 0 radical (unpaired) electrons. The Balaban J connectivity index is 2.16. The van der Waals surface area contributed by atoms with E-state index in [1.807, 2.05) is 25.1 Å². The second-order valence-corrected chi connectivity index (χ2v) is 5.77. The van der Waals surface area contributed by atoms with Crippen LogP contribution in [0, 0.1) is 6.92 Å². The van der Waals surface area contributed by atoms with Crippen molar-refractivity contribution >= 4 is 27.3 Å². The van der Waals surface area contributed by atoms with Crippen molar-refractivity contribution in [1.29, 1.82) is 0 Å². The number of aryl methyl sites for hydroxylation is 1. The minimum absolute atomic E-state index is 0.0560. The topological polar surface area (TPSA) is 50.9 Å². The molecule has 0 bridgehead atoms. The average molecular weight is 312 g/mol. The zero-order valence-corrected chi connectivity index (χ0v) is 11.9. The Bertz CT molecular complexity index is 498. The Labute approximate surface area is 113 Å². The third kappa shape index (κ3) is 3.35. The van der Waals surface area contributed by atoms with Crippen LogP contribution in [0.25, 0.3) is 0 Å². The van der Waals surface area contributed by atoms with Crippen LogP contribution in [0.1, 0.15) is 22.3 Å². The molecule has 0 saturated heterocycles. The summed E-state index contributed by atoms with van der Waals surface area (Å²) >= 11 is 5.18. The van der Waals surface area contributed by atoms with Crippen LogP contribution in [-0.2, 0) is 6.42 Å². The van der Waals surface area contributed by atoms with E-state index in [9.17, 15) is 0 Å². The highest BCUT2D eigenvalue weighted by molar-refractivity contribution is 9.10. The lowest BCUT2D eigenvalue weighted by Gasteiger charge is -2.14. The number of hydrogen-bond acceptors (Lipinski definition) is 4. The molecule has 0 saturated carbocycles. The number of rotatable bonds is 4. The maximum atomic E-state index is 5.61. The van der Waals surface area contributed by atoms with Gasteiger partial charge in [0, 0.05) is 26.8 Å². The predicted octanol–water partition coefficient (Wildman–Crippen LogP) is 2.96. The lowest BCUT2D eigenvalue weighted by atomic mass is 10.1. The molecular weight excluding hydrogens is 298 g/mol. The normalized spacial score (nSPS) is 12.6. The van der Waals surface area contributed by atoms with E-state index in [0.717, 1.165) is 22.3 Å². The highest BCUT2D eigenvalue weighted by Gasteiger charge is 2.13. The van der Waals surface area contributed by atoms with Gasteiger partial charge in [-0.25, -0.2) is 0 Å². The molecule has 17 heavy (non-hydrogen) atoms. The van der Waals surface area contributed by atoms with Gasteiger partial charge in [0.15, 0.2) is 0 Å². The molecular formula is C12H14BrN3S. The van der Waals surface area contributed by atoms with Gasteiger partial charge in [-0.05, 0) is 41.1 Å². The summed E-state index contributed by atoms with van der Waals surface area (Å²) in [5, 5.41) is 2.08. The largest absolute Gasteiger partial charge is 0.271 e. The summed E-state index contributed by atoms with van der Waals surface area (Å²) in [6.45, 7) is 1.98. The van der Waals surface area contributed by atoms with Gasteiger partial charge in [-0.3, -0.25) is 16.3 Å². The first-order valence-electron chi connectivity index (χ1n) is 5.31. The van der Waals surface area contributed by atoms with Crippen molar-refractivity contribution in [3.63, 3.8) is 0 Å². The van der Waals surface area contributed by atoms with Crippen LogP contribution in [-0.4, -0.2) is 4.98 Å². The van der Waals surface area contributed by atoms with Crippen LogP contribution in [0.2, 0.25) is 0 Å². The number of nitrogens with one attached hydrogen (secondary N) is 1. The summed E-state index contributed by atoms with van der Waals surface area (Å²) in [5.41, 5.74) is 4.82. The van der Waals surface area contributed by atoms with Crippen LogP contribution in [0.15, 0.2) is 34.1 Å². The van der Waals surface area contributed by atoms with Crippen LogP contribution in [0.5, 0.6) is 0 Å². The minimum atomic E-state index is 0.0560. The number of halogens is 1. The Morgan fingerprint density at radius 2 is 2.35 bits per heavy atom. The Morgan fingerprint density at radius 3 is 2.94 bits per heavy atom. The number of nitrogens with zero attached hydrogens (tertiary/aromatic N) is 1. The van der Waals surface area contributed by atoms with Crippen LogP contribution in [0.3, 0.4) is 0 Å². The fourth-order valence-electron chi connectivity index (χ4n) is 1.67. The van der Waals surface area contributed by atoms with Gasteiger partial charge in [-0.15, -0.1) is 11.3 Å². The van der Waals surface area contributed by atoms with Crippen molar-refractivity contribution < 1.29 is 0 Å². The number of hydrazine groups is 1. The summed E-state index contributed by atoms with van der Waals surface area (Å²) in [4.78, 5) is 5.78. The average Bonchev–Trinajstić information content (AvgIpc) is 2.72. The zero-order chi connectivity index (χ0) is 12.3. The second kappa shape index (κ2) is 5.73. The maximum absolute atomic E-state index is 5.61. The predicted molar refractivity (Wildman–Crippen MR) is 74.8 cm³/mol. The molecule has 2 aromatic rings. The van der Waals surface area contributed by atoms with Crippen molar-refractivity contribution in [2.45, 2.75) is 19.4 Å². The number of aromatic nitrogens is 1. The number of nitrogens with two attached hydrogens (primary N) is 1. The van der Waals surface area contributed by atoms with E-state index in [0.29, 0.717) is 0 Å². The maximum Gasteiger partial charge on any atom is 0.0680 e. The fraction of sp³-hybridized carbons (Fsp3) is 0.250. The summed E-state index contributed by atoms with van der Waals surface area (Å²) in [6.07, 6.45) is 0.850. The van der Waals surface area contributed by atoms with Gasteiger partial charge in [0.2, 0.25) is 0 Å². The fourth-order valence-corrected chi connectivity index (χ4v) is 3.17. The minimum Gasteiger partial charge on any atom is -0.271 e. The Morgan fingerprint density at radius 1 is 1.53 bits per heavy atom. The zero-order valence-electron chi connectivity index (χ0n) is 9.48. The quantitative estimate of drug-likeness (QED) is 0.674. The molecule has 2 heterocycles. The molecule has 0 amide bonds. The van der Waals surface area contributed by atoms with Gasteiger partial charge in [0.05, 0.1) is 11.7 Å². The number of pyridine rings is 1. The third-order valence-corrected chi connectivity index (χ3v) is 4.22. The molecule has 3 nitrogen and oxygen atoms in total. The molecule has 0 aromatic carbocycles. The monoisotopic (exact) mass is 311 g/mol. The third-order valence-electron chi connectivity index (χ3n) is 2.50. The Kier molecular flexibility index (Phi) is 4.28. The lowest BCUT2D eigenvalue weighted by molar-refractivity contribution is 0.540. The first-order valence-corrected chi connectivity index (χ1v) is 6.99. The van der Waals surface area contributed by atoms with Crippen molar-refractivity contribution in [3.8, 4) is 0 Å². The van der Waals surface area contributed by atoms with Gasteiger partial charge >= 0.3 is 0 Å². The van der Waals surface area contributed by atoms with Gasteiger partial charge in [0.25, 0.3) is 0 Å². The van der Waals surface area contributed by atoms with Gasteiger partial charge < -0.3 is 0 Å². The summed E-state index contributed by atoms with van der Waals surface area (Å²) in [7, 11) is 0. The van der Waals surface area contributed by atoms with Crippen LogP contribution in [0.4, 0.5) is 0 Å². The number of thiophene rings is 1. The summed E-state index contributed by atoms with van der Waals surface area (Å²) < 4.78 is 1.12. The van der Waals surface area contributed by atoms with E-state index < -0.39 is 0 Å². The highest BCUT2D eigenvalue weighted by Crippen LogP contribution is 2.24. The summed E-state index contributed by atoms with van der Waals surface area (Å²) in [5.74, 6) is 5.61. The first kappa shape index (κ1) is 12.7. The Hall–Kier alpha value is -0.750. The van der Waals surface area contributed by atoms with Gasteiger partial charge in [-0.2, -0.15) is 0 Å². The van der Waals surface area contributed by atoms with Crippen LogP contribution < -0.4 is 11.3 Å². The van der Waals surface area contributed by atoms with Crippen molar-refractivity contribution in [2.24, 2.45) is 5.84 Å². The first-order chi connectivity index (χ1) is 8.19. The van der Waals surface area contributed by atoms with Crippen molar-refractivity contribution in [3.05, 3.63) is 50.4 Å². The smallest absolute Gasteiger partial charge is 0.0680 e. The van der Waals surface area contributed by atoms with E-state index in [-0.39, 0.29) is 6.04 Å². The molecule has 90 valence electrons. The van der Waals surface area contributed by atoms with Gasteiger partial charge in [0.1, 0.15) is 0 Å². The molecule has 0 aliphatic heterocycles. The second-order valence-electron chi connectivity index (χ2n) is 3.86. The van der Waals surface area contributed by atoms with Crippen molar-refractivity contribution in [2.75, 3.05) is 0 Å². The number of hydrogen-bond donors (Lipinski definition) is 2. The van der Waals surface area contributed by atoms with E-state index in [2.05, 4.69) is 37.8 Å². The van der Waals surface area contributed by atoms with Crippen LogP contribution >= 0.6 is 27.3 Å².